The second-order valence-corrected chi connectivity index (χ2v) is 4.74. The second kappa shape index (κ2) is 3.44. The molecule has 0 aliphatic heterocycles. The Morgan fingerprint density at radius 2 is 1.39 bits per heavy atom. The van der Waals surface area contributed by atoms with Crippen LogP contribution in [0.3, 0.4) is 0 Å². The maximum atomic E-state index is 9.56. The Kier molecular flexibility index (Phi) is 1.88. The fraction of sp³-hybridized carbons (Fsp3) is 0.0588. The van der Waals surface area contributed by atoms with E-state index in [-0.39, 0.29) is 6.61 Å². The van der Waals surface area contributed by atoms with Gasteiger partial charge < -0.3 is 5.11 Å². The first-order valence-corrected chi connectivity index (χ1v) is 6.15. The van der Waals surface area contributed by atoms with Crippen molar-refractivity contribution >= 4 is 32.3 Å². The first-order chi connectivity index (χ1) is 8.88. The maximum Gasteiger partial charge on any atom is 0.0688 e. The standard InChI is InChI=1S/C17H12O/c18-10-14-9-13-5-1-3-11-7-8-12-4-2-6-15(14)17(12)16(11)13/h1-9,18H,10H2. The molecule has 1 N–H and O–H groups in total. The Morgan fingerprint density at radius 1 is 0.722 bits per heavy atom. The first kappa shape index (κ1) is 9.86. The summed E-state index contributed by atoms with van der Waals surface area (Å²) in [7, 11) is 0. The van der Waals surface area contributed by atoms with Gasteiger partial charge in [-0.1, -0.05) is 48.5 Å². The first-order valence-electron chi connectivity index (χ1n) is 6.15. The third-order valence-electron chi connectivity index (χ3n) is 3.76. The monoisotopic (exact) mass is 232 g/mol. The molecule has 4 aromatic carbocycles. The zero-order valence-electron chi connectivity index (χ0n) is 9.85. The van der Waals surface area contributed by atoms with E-state index in [1.807, 2.05) is 0 Å². The number of aliphatic hydroxyl groups excluding tert-OH is 1. The highest BCUT2D eigenvalue weighted by Gasteiger charge is 2.10. The van der Waals surface area contributed by atoms with Gasteiger partial charge in [-0.25, -0.2) is 0 Å². The van der Waals surface area contributed by atoms with Crippen LogP contribution in [0, 0.1) is 0 Å². The summed E-state index contributed by atoms with van der Waals surface area (Å²) in [5, 5.41) is 17.0. The molecule has 0 spiro atoms. The molecule has 1 nitrogen and oxygen atoms in total. The molecule has 1 heteroatoms. The van der Waals surface area contributed by atoms with Gasteiger partial charge in [-0.15, -0.1) is 0 Å². The zero-order valence-corrected chi connectivity index (χ0v) is 9.85. The Morgan fingerprint density at radius 3 is 2.17 bits per heavy atom. The van der Waals surface area contributed by atoms with Gasteiger partial charge in [0, 0.05) is 0 Å². The summed E-state index contributed by atoms with van der Waals surface area (Å²) in [5.74, 6) is 0. The Bertz CT molecular complexity index is 861. The average Bonchev–Trinajstić information content (AvgIpc) is 2.44. The van der Waals surface area contributed by atoms with Crippen molar-refractivity contribution < 1.29 is 5.11 Å². The van der Waals surface area contributed by atoms with E-state index in [1.54, 1.807) is 0 Å². The highest BCUT2D eigenvalue weighted by atomic mass is 16.3. The van der Waals surface area contributed by atoms with Crippen LogP contribution in [0.15, 0.2) is 54.6 Å². The minimum Gasteiger partial charge on any atom is -0.392 e. The molecule has 0 aliphatic rings. The molecule has 4 rings (SSSR count). The van der Waals surface area contributed by atoms with Crippen LogP contribution < -0.4 is 0 Å². The Hall–Kier alpha value is -2.12. The quantitative estimate of drug-likeness (QED) is 0.490. The number of rotatable bonds is 1. The number of hydrogen-bond acceptors (Lipinski definition) is 1. The van der Waals surface area contributed by atoms with E-state index < -0.39 is 0 Å². The molecule has 86 valence electrons. The molecule has 0 heterocycles. The summed E-state index contributed by atoms with van der Waals surface area (Å²) in [6.07, 6.45) is 0. The molecule has 0 fully saturated rings. The van der Waals surface area contributed by atoms with Crippen molar-refractivity contribution in [3.8, 4) is 0 Å². The van der Waals surface area contributed by atoms with Gasteiger partial charge in [0.25, 0.3) is 0 Å². The minimum atomic E-state index is 0.0871. The van der Waals surface area contributed by atoms with Gasteiger partial charge in [-0.3, -0.25) is 0 Å². The van der Waals surface area contributed by atoms with Crippen LogP contribution in [0.25, 0.3) is 32.3 Å². The summed E-state index contributed by atoms with van der Waals surface area (Å²) < 4.78 is 0. The fourth-order valence-corrected chi connectivity index (χ4v) is 2.97. The molecular formula is C17H12O. The Labute approximate surface area is 105 Å². The van der Waals surface area contributed by atoms with Gasteiger partial charge in [-0.2, -0.15) is 0 Å². The SMILES string of the molecule is OCc1cc2cccc3ccc4cccc1c4c32. The molecule has 0 amide bonds. The van der Waals surface area contributed by atoms with Crippen LogP contribution in [-0.4, -0.2) is 5.11 Å². The van der Waals surface area contributed by atoms with Crippen LogP contribution in [0.1, 0.15) is 5.56 Å². The molecule has 0 bridgehead atoms. The molecule has 0 radical (unpaired) electrons. The smallest absolute Gasteiger partial charge is 0.0688 e. The third kappa shape index (κ3) is 1.14. The second-order valence-electron chi connectivity index (χ2n) is 4.74. The van der Waals surface area contributed by atoms with Crippen LogP contribution in [0.2, 0.25) is 0 Å². The van der Waals surface area contributed by atoms with Crippen LogP contribution in [-0.2, 0) is 6.61 Å². The lowest BCUT2D eigenvalue weighted by atomic mass is 9.91. The van der Waals surface area contributed by atoms with E-state index >= 15 is 0 Å². The van der Waals surface area contributed by atoms with Crippen molar-refractivity contribution in [3.05, 3.63) is 60.2 Å². The molecule has 18 heavy (non-hydrogen) atoms. The van der Waals surface area contributed by atoms with E-state index in [1.165, 1.54) is 32.3 Å². The van der Waals surface area contributed by atoms with Crippen molar-refractivity contribution in [2.75, 3.05) is 0 Å². The molecule has 0 unspecified atom stereocenters. The van der Waals surface area contributed by atoms with E-state index in [2.05, 4.69) is 54.6 Å². The maximum absolute atomic E-state index is 9.56. The summed E-state index contributed by atoms with van der Waals surface area (Å²) >= 11 is 0. The highest BCUT2D eigenvalue weighted by molar-refractivity contribution is 6.23. The highest BCUT2D eigenvalue weighted by Crippen LogP contribution is 2.36. The molecule has 0 saturated heterocycles. The van der Waals surface area contributed by atoms with Gasteiger partial charge >= 0.3 is 0 Å². The van der Waals surface area contributed by atoms with E-state index in [4.69, 9.17) is 0 Å². The van der Waals surface area contributed by atoms with Gasteiger partial charge in [0.1, 0.15) is 0 Å². The van der Waals surface area contributed by atoms with Crippen LogP contribution in [0.4, 0.5) is 0 Å². The van der Waals surface area contributed by atoms with Gasteiger partial charge in [-0.05, 0) is 43.9 Å². The number of hydrogen-bond donors (Lipinski definition) is 1. The zero-order chi connectivity index (χ0) is 12.1. The summed E-state index contributed by atoms with van der Waals surface area (Å²) in [6, 6.07) is 19.1. The van der Waals surface area contributed by atoms with Gasteiger partial charge in [0.2, 0.25) is 0 Å². The van der Waals surface area contributed by atoms with Crippen molar-refractivity contribution in [3.63, 3.8) is 0 Å². The molecule has 0 aromatic heterocycles. The third-order valence-corrected chi connectivity index (χ3v) is 3.76. The summed E-state index contributed by atoms with van der Waals surface area (Å²) in [4.78, 5) is 0. The molecule has 4 aromatic rings. The van der Waals surface area contributed by atoms with Crippen molar-refractivity contribution in [1.29, 1.82) is 0 Å². The number of aliphatic hydroxyl groups is 1. The van der Waals surface area contributed by atoms with Gasteiger partial charge in [0.15, 0.2) is 0 Å². The van der Waals surface area contributed by atoms with E-state index in [0.29, 0.717) is 0 Å². The van der Waals surface area contributed by atoms with Gasteiger partial charge in [0.05, 0.1) is 6.61 Å². The topological polar surface area (TPSA) is 20.2 Å². The lowest BCUT2D eigenvalue weighted by Gasteiger charge is -2.13. The largest absolute Gasteiger partial charge is 0.392 e. The minimum absolute atomic E-state index is 0.0871. The normalized spacial score (nSPS) is 11.8. The van der Waals surface area contributed by atoms with E-state index in [0.717, 1.165) is 5.56 Å². The van der Waals surface area contributed by atoms with Crippen molar-refractivity contribution in [2.24, 2.45) is 0 Å². The van der Waals surface area contributed by atoms with Crippen molar-refractivity contribution in [1.82, 2.24) is 0 Å². The predicted octanol–water partition coefficient (Wildman–Crippen LogP) is 4.08. The predicted molar refractivity (Wildman–Crippen MR) is 76.1 cm³/mol. The van der Waals surface area contributed by atoms with Crippen LogP contribution >= 0.6 is 0 Å². The number of benzene rings is 4. The lowest BCUT2D eigenvalue weighted by Crippen LogP contribution is -1.90. The van der Waals surface area contributed by atoms with E-state index in [9.17, 15) is 5.11 Å². The summed E-state index contributed by atoms with van der Waals surface area (Å²) in [5.41, 5.74) is 1.01. The molecule has 0 aliphatic carbocycles. The molecule has 0 atom stereocenters. The molecular weight excluding hydrogens is 220 g/mol. The Balaban J connectivity index is 2.43. The average molecular weight is 232 g/mol. The molecule has 0 saturated carbocycles. The summed E-state index contributed by atoms with van der Waals surface area (Å²) in [6.45, 7) is 0.0871. The van der Waals surface area contributed by atoms with Crippen molar-refractivity contribution in [2.45, 2.75) is 6.61 Å². The lowest BCUT2D eigenvalue weighted by molar-refractivity contribution is 0.283. The fourth-order valence-electron chi connectivity index (χ4n) is 2.97. The van der Waals surface area contributed by atoms with Crippen LogP contribution in [0.5, 0.6) is 0 Å².